The van der Waals surface area contributed by atoms with E-state index in [-0.39, 0.29) is 11.9 Å². The lowest BCUT2D eigenvalue weighted by Gasteiger charge is -2.44. The molecule has 4 aromatic rings. The zero-order valence-electron chi connectivity index (χ0n) is 14.6. The van der Waals surface area contributed by atoms with Crippen LogP contribution in [0, 0.1) is 6.92 Å². The van der Waals surface area contributed by atoms with Crippen molar-refractivity contribution in [2.24, 2.45) is 0 Å². The van der Waals surface area contributed by atoms with Crippen LogP contribution in [0.2, 0.25) is 0 Å². The van der Waals surface area contributed by atoms with Crippen molar-refractivity contribution in [2.45, 2.75) is 18.3 Å². The minimum Gasteiger partial charge on any atom is -0.301 e. The predicted molar refractivity (Wildman–Crippen MR) is 108 cm³/mol. The van der Waals surface area contributed by atoms with Gasteiger partial charge < -0.3 is 4.90 Å². The van der Waals surface area contributed by atoms with Crippen molar-refractivity contribution >= 4 is 45.0 Å². The van der Waals surface area contributed by atoms with E-state index in [1.165, 1.54) is 0 Å². The van der Waals surface area contributed by atoms with Crippen LogP contribution in [0.3, 0.4) is 0 Å². The smallest absolute Gasteiger partial charge is 0.248 e. The number of fused-ring (bicyclic) bond motifs is 3. The molecule has 5 rings (SSSR count). The first-order chi connectivity index (χ1) is 13.1. The summed E-state index contributed by atoms with van der Waals surface area (Å²) in [5.41, 5.74) is 4.66. The summed E-state index contributed by atoms with van der Waals surface area (Å²) in [6.45, 7) is 2.06. The van der Waals surface area contributed by atoms with Gasteiger partial charge in [-0.3, -0.25) is 4.79 Å². The Morgan fingerprint density at radius 3 is 2.52 bits per heavy atom. The van der Waals surface area contributed by atoms with Gasteiger partial charge in [0.15, 0.2) is 0 Å². The number of carbonyl (C=O) groups is 1. The molecule has 3 aromatic carbocycles. The summed E-state index contributed by atoms with van der Waals surface area (Å²) < 4.78 is 0. The maximum Gasteiger partial charge on any atom is 0.248 e. The third-order valence-electron chi connectivity index (χ3n) is 5.21. The molecule has 27 heavy (non-hydrogen) atoms. The number of hydrogen-bond acceptors (Lipinski definition) is 3. The molecule has 1 aromatic heterocycles. The maximum atomic E-state index is 12.6. The normalized spacial score (nSPS) is 19.5. The number of nitrogens with zero attached hydrogens (tertiary/aromatic N) is 3. The van der Waals surface area contributed by atoms with Gasteiger partial charge >= 0.3 is 0 Å². The fourth-order valence-corrected chi connectivity index (χ4v) is 4.23. The molecular weight excluding hydrogens is 358 g/mol. The van der Waals surface area contributed by atoms with Gasteiger partial charge in [-0.1, -0.05) is 42.5 Å². The number of halogens is 1. The van der Waals surface area contributed by atoms with E-state index in [1.807, 2.05) is 60.7 Å². The average molecular weight is 374 g/mol. The Hall–Kier alpha value is -2.98. The van der Waals surface area contributed by atoms with Crippen molar-refractivity contribution in [1.82, 2.24) is 10.2 Å². The number of benzene rings is 3. The Labute approximate surface area is 161 Å². The average Bonchev–Trinajstić information content (AvgIpc) is 2.71. The largest absolute Gasteiger partial charge is 0.301 e. The van der Waals surface area contributed by atoms with Crippen LogP contribution in [-0.4, -0.2) is 21.5 Å². The van der Waals surface area contributed by atoms with Crippen molar-refractivity contribution in [2.75, 3.05) is 4.90 Å². The molecule has 1 fully saturated rings. The number of hydrogen-bond donors (Lipinski definition) is 0. The minimum atomic E-state index is -0.544. The van der Waals surface area contributed by atoms with Gasteiger partial charge in [-0.15, -0.1) is 21.8 Å². The second-order valence-electron chi connectivity index (χ2n) is 6.84. The Kier molecular flexibility index (Phi) is 3.62. The van der Waals surface area contributed by atoms with E-state index in [2.05, 4.69) is 23.2 Å². The first-order valence-corrected chi connectivity index (χ1v) is 9.26. The van der Waals surface area contributed by atoms with Gasteiger partial charge in [0.2, 0.25) is 5.91 Å². The molecule has 0 aliphatic carbocycles. The molecule has 1 aliphatic rings. The van der Waals surface area contributed by atoms with Crippen molar-refractivity contribution in [3.63, 3.8) is 0 Å². The summed E-state index contributed by atoms with van der Waals surface area (Å²) in [7, 11) is 0. The lowest BCUT2D eigenvalue weighted by molar-refractivity contribution is -0.123. The van der Waals surface area contributed by atoms with Crippen LogP contribution in [0.4, 0.5) is 5.69 Å². The maximum absolute atomic E-state index is 12.6. The fraction of sp³-hybridized carbons (Fsp3) is 0.136. The molecular formula is C22H16ClN3O. The van der Waals surface area contributed by atoms with E-state index in [0.29, 0.717) is 0 Å². The molecule has 0 saturated carbocycles. The van der Waals surface area contributed by atoms with Crippen LogP contribution in [0.5, 0.6) is 0 Å². The lowest BCUT2D eigenvalue weighted by atomic mass is 9.92. The quantitative estimate of drug-likeness (QED) is 0.288. The zero-order valence-corrected chi connectivity index (χ0v) is 15.4. The molecule has 4 nitrogen and oxygen atoms in total. The van der Waals surface area contributed by atoms with Crippen molar-refractivity contribution < 1.29 is 4.79 Å². The van der Waals surface area contributed by atoms with Crippen LogP contribution < -0.4 is 4.90 Å². The van der Waals surface area contributed by atoms with Crippen LogP contribution in [-0.2, 0) is 4.79 Å². The summed E-state index contributed by atoms with van der Waals surface area (Å²) in [5.74, 6) is -0.0760. The number of amides is 1. The van der Waals surface area contributed by atoms with Gasteiger partial charge in [-0.2, -0.15) is 0 Å². The standard InChI is InChI=1S/C22H16ClN3O/c1-13-6-5-9-18-19(13)16-12-15(10-11-17(16)24-25-18)26-21(20(23)22(26)27)14-7-3-2-4-8-14/h2-12,20-21H,1H3. The van der Waals surface area contributed by atoms with Crippen LogP contribution in [0.1, 0.15) is 17.2 Å². The third-order valence-corrected chi connectivity index (χ3v) is 5.64. The third kappa shape index (κ3) is 2.41. The predicted octanol–water partition coefficient (Wildman–Crippen LogP) is 4.79. The van der Waals surface area contributed by atoms with E-state index in [1.54, 1.807) is 4.90 Å². The van der Waals surface area contributed by atoms with Crippen LogP contribution >= 0.6 is 11.6 Å². The van der Waals surface area contributed by atoms with E-state index in [0.717, 1.165) is 38.6 Å². The Morgan fingerprint density at radius 2 is 1.70 bits per heavy atom. The number of aryl methyl sites for hydroxylation is 1. The molecule has 2 heterocycles. The number of anilines is 1. The number of alkyl halides is 1. The highest BCUT2D eigenvalue weighted by Gasteiger charge is 2.47. The molecule has 0 spiro atoms. The fourth-order valence-electron chi connectivity index (χ4n) is 3.86. The molecule has 1 amide bonds. The van der Waals surface area contributed by atoms with Gasteiger partial charge in [-0.25, -0.2) is 0 Å². The van der Waals surface area contributed by atoms with Crippen molar-refractivity contribution in [3.05, 3.63) is 77.9 Å². The molecule has 2 atom stereocenters. The molecule has 5 heteroatoms. The SMILES string of the molecule is Cc1cccc2nnc3ccc(N4C(=O)C(Cl)C4c4ccccc4)cc3c12. The summed E-state index contributed by atoms with van der Waals surface area (Å²) in [6.07, 6.45) is 0. The van der Waals surface area contributed by atoms with Crippen molar-refractivity contribution in [3.8, 4) is 0 Å². The van der Waals surface area contributed by atoms with E-state index >= 15 is 0 Å². The van der Waals surface area contributed by atoms with Gasteiger partial charge in [-0.05, 0) is 42.3 Å². The second-order valence-corrected chi connectivity index (χ2v) is 7.31. The second kappa shape index (κ2) is 6.03. The molecule has 132 valence electrons. The van der Waals surface area contributed by atoms with Gasteiger partial charge in [0, 0.05) is 16.5 Å². The number of aromatic nitrogens is 2. The van der Waals surface area contributed by atoms with Gasteiger partial charge in [0.05, 0.1) is 17.1 Å². The highest BCUT2D eigenvalue weighted by atomic mass is 35.5. The number of carbonyl (C=O) groups excluding carboxylic acids is 1. The number of rotatable bonds is 2. The van der Waals surface area contributed by atoms with Gasteiger partial charge in [0.25, 0.3) is 0 Å². The molecule has 0 N–H and O–H groups in total. The molecule has 2 unspecified atom stereocenters. The molecule has 1 aliphatic heterocycles. The first-order valence-electron chi connectivity index (χ1n) is 8.83. The van der Waals surface area contributed by atoms with E-state index in [9.17, 15) is 4.79 Å². The summed E-state index contributed by atoms with van der Waals surface area (Å²) >= 11 is 6.37. The van der Waals surface area contributed by atoms with Crippen LogP contribution in [0.25, 0.3) is 21.8 Å². The van der Waals surface area contributed by atoms with E-state index in [4.69, 9.17) is 11.6 Å². The monoisotopic (exact) mass is 373 g/mol. The Balaban J connectivity index is 1.68. The topological polar surface area (TPSA) is 46.1 Å². The summed E-state index contributed by atoms with van der Waals surface area (Å²) in [5, 5.41) is 10.2. The van der Waals surface area contributed by atoms with Crippen LogP contribution in [0.15, 0.2) is 66.7 Å². The van der Waals surface area contributed by atoms with Crippen molar-refractivity contribution in [1.29, 1.82) is 0 Å². The summed E-state index contributed by atoms with van der Waals surface area (Å²) in [6, 6.07) is 21.6. The highest BCUT2D eigenvalue weighted by molar-refractivity contribution is 6.37. The number of β-lactam (4-membered cyclic amide) rings is 1. The minimum absolute atomic E-state index is 0.0760. The zero-order chi connectivity index (χ0) is 18.5. The highest BCUT2D eigenvalue weighted by Crippen LogP contribution is 2.43. The Morgan fingerprint density at radius 1 is 0.926 bits per heavy atom. The first kappa shape index (κ1) is 16.2. The lowest BCUT2D eigenvalue weighted by Crippen LogP contribution is -2.56. The molecule has 0 bridgehead atoms. The van der Waals surface area contributed by atoms with E-state index < -0.39 is 5.38 Å². The van der Waals surface area contributed by atoms with Gasteiger partial charge in [0.1, 0.15) is 5.38 Å². The Bertz CT molecular complexity index is 1190. The molecule has 0 radical (unpaired) electrons. The summed E-state index contributed by atoms with van der Waals surface area (Å²) in [4.78, 5) is 14.4. The molecule has 1 saturated heterocycles.